The van der Waals surface area contributed by atoms with Crippen molar-refractivity contribution in [1.82, 2.24) is 4.47 Å². The molecular weight excluding hydrogens is 310 g/mol. The number of hydrogen-bond acceptors (Lipinski definition) is 6. The number of carbonyl (C=O) groups excluding carboxylic acids is 1. The molecule has 7 nitrogen and oxygen atoms in total. The van der Waals surface area contributed by atoms with E-state index in [-0.39, 0.29) is 6.10 Å². The number of methoxy groups -OCH3 is 1. The Morgan fingerprint density at radius 2 is 1.68 bits per heavy atom. The average molecular weight is 331 g/mol. The lowest BCUT2D eigenvalue weighted by atomic mass is 10.1. The predicted molar refractivity (Wildman–Crippen MR) is 80.7 cm³/mol. The van der Waals surface area contributed by atoms with Crippen molar-refractivity contribution >= 4 is 15.9 Å². The topological polar surface area (TPSA) is 82.1 Å². The van der Waals surface area contributed by atoms with Gasteiger partial charge in [0.05, 0.1) is 19.5 Å². The van der Waals surface area contributed by atoms with E-state index in [4.69, 9.17) is 9.47 Å². The molecule has 1 amide bonds. The molecule has 1 rings (SSSR count). The molecule has 0 saturated heterocycles. The normalized spacial score (nSPS) is 13.0. The SMILES string of the molecule is COC(C(=O)N(OC)S(C)(=O)=O)c1ccc(OC(C)C)cc1. The highest BCUT2D eigenvalue weighted by molar-refractivity contribution is 7.88. The molecule has 22 heavy (non-hydrogen) atoms. The lowest BCUT2D eigenvalue weighted by molar-refractivity contribution is -0.163. The van der Waals surface area contributed by atoms with E-state index in [0.717, 1.165) is 13.4 Å². The molecule has 0 heterocycles. The smallest absolute Gasteiger partial charge is 0.294 e. The van der Waals surface area contributed by atoms with Crippen molar-refractivity contribution < 1.29 is 27.5 Å². The van der Waals surface area contributed by atoms with Crippen LogP contribution in [0.15, 0.2) is 24.3 Å². The standard InChI is InChI=1S/C14H21NO6S/c1-10(2)21-12-8-6-11(7-9-12)13(19-3)14(16)15(20-4)22(5,17)18/h6-10,13H,1-5H3. The molecule has 1 aromatic carbocycles. The number of amides is 1. The maximum Gasteiger partial charge on any atom is 0.294 e. The lowest BCUT2D eigenvalue weighted by Crippen LogP contribution is -2.39. The van der Waals surface area contributed by atoms with E-state index in [1.165, 1.54) is 7.11 Å². The zero-order valence-corrected chi connectivity index (χ0v) is 14.1. The van der Waals surface area contributed by atoms with Gasteiger partial charge in [-0.2, -0.15) is 0 Å². The highest BCUT2D eigenvalue weighted by atomic mass is 32.2. The fraction of sp³-hybridized carbons (Fsp3) is 0.500. The lowest BCUT2D eigenvalue weighted by Gasteiger charge is -2.22. The molecule has 0 bridgehead atoms. The van der Waals surface area contributed by atoms with E-state index >= 15 is 0 Å². The van der Waals surface area contributed by atoms with Crippen molar-refractivity contribution in [2.24, 2.45) is 0 Å². The maximum absolute atomic E-state index is 12.3. The van der Waals surface area contributed by atoms with Crippen LogP contribution in [0.25, 0.3) is 0 Å². The fourth-order valence-electron chi connectivity index (χ4n) is 1.86. The minimum absolute atomic E-state index is 0.0277. The number of nitrogens with zero attached hydrogens (tertiary/aromatic N) is 1. The third kappa shape index (κ3) is 4.69. The molecule has 0 aromatic heterocycles. The summed E-state index contributed by atoms with van der Waals surface area (Å²) < 4.78 is 34.0. The van der Waals surface area contributed by atoms with Gasteiger partial charge in [0.25, 0.3) is 15.9 Å². The first-order valence-electron chi connectivity index (χ1n) is 6.58. The fourth-order valence-corrected chi connectivity index (χ4v) is 2.55. The Bertz CT molecular complexity index is 596. The van der Waals surface area contributed by atoms with Crippen LogP contribution in [0.1, 0.15) is 25.5 Å². The van der Waals surface area contributed by atoms with Crippen molar-refractivity contribution in [1.29, 1.82) is 0 Å². The van der Waals surface area contributed by atoms with Crippen LogP contribution >= 0.6 is 0 Å². The molecule has 0 saturated carbocycles. The highest BCUT2D eigenvalue weighted by Gasteiger charge is 2.32. The van der Waals surface area contributed by atoms with Gasteiger partial charge in [-0.05, 0) is 31.5 Å². The van der Waals surface area contributed by atoms with Gasteiger partial charge in [-0.15, -0.1) is 4.47 Å². The van der Waals surface area contributed by atoms with Crippen LogP contribution in [0, 0.1) is 0 Å². The molecule has 8 heteroatoms. The summed E-state index contributed by atoms with van der Waals surface area (Å²) in [6.07, 6.45) is -0.191. The summed E-state index contributed by atoms with van der Waals surface area (Å²) in [5.74, 6) is -0.183. The van der Waals surface area contributed by atoms with Crippen molar-refractivity contribution in [2.45, 2.75) is 26.1 Å². The first-order valence-corrected chi connectivity index (χ1v) is 8.43. The van der Waals surface area contributed by atoms with Crippen LogP contribution in [-0.2, 0) is 24.4 Å². The number of hydroxylamine groups is 1. The molecule has 0 spiro atoms. The van der Waals surface area contributed by atoms with Crippen molar-refractivity contribution in [2.75, 3.05) is 20.5 Å². The Hall–Kier alpha value is -1.64. The van der Waals surface area contributed by atoms with Crippen LogP contribution in [0.2, 0.25) is 0 Å². The summed E-state index contributed by atoms with van der Waals surface area (Å²) in [5, 5.41) is 0. The van der Waals surface area contributed by atoms with E-state index in [9.17, 15) is 13.2 Å². The quantitative estimate of drug-likeness (QED) is 0.704. The van der Waals surface area contributed by atoms with Gasteiger partial charge in [0.2, 0.25) is 0 Å². The maximum atomic E-state index is 12.3. The summed E-state index contributed by atoms with van der Waals surface area (Å²) in [5.41, 5.74) is 0.495. The van der Waals surface area contributed by atoms with Gasteiger partial charge in [-0.25, -0.2) is 8.42 Å². The zero-order valence-electron chi connectivity index (χ0n) is 13.3. The van der Waals surface area contributed by atoms with Crippen molar-refractivity contribution in [3.63, 3.8) is 0 Å². The molecule has 1 unspecified atom stereocenters. The zero-order chi connectivity index (χ0) is 16.9. The van der Waals surface area contributed by atoms with Gasteiger partial charge in [-0.3, -0.25) is 9.63 Å². The number of benzene rings is 1. The third-order valence-electron chi connectivity index (χ3n) is 2.66. The van der Waals surface area contributed by atoms with E-state index in [0.29, 0.717) is 15.8 Å². The Kier molecular flexibility index (Phi) is 6.34. The van der Waals surface area contributed by atoms with Crippen LogP contribution in [0.4, 0.5) is 0 Å². The average Bonchev–Trinajstić information content (AvgIpc) is 2.40. The molecule has 1 atom stereocenters. The second-order valence-corrected chi connectivity index (χ2v) is 6.66. The number of ether oxygens (including phenoxy) is 2. The second kappa shape index (κ2) is 7.57. The molecule has 0 aliphatic heterocycles. The Labute approximate surface area is 130 Å². The number of rotatable bonds is 7. The number of sulfonamides is 1. The van der Waals surface area contributed by atoms with Crippen LogP contribution in [0.5, 0.6) is 5.75 Å². The number of carbonyl (C=O) groups is 1. The Morgan fingerprint density at radius 1 is 1.14 bits per heavy atom. The molecule has 0 N–H and O–H groups in total. The van der Waals surface area contributed by atoms with Gasteiger partial charge in [0.15, 0.2) is 6.10 Å². The predicted octanol–water partition coefficient (Wildman–Crippen LogP) is 1.51. The monoisotopic (exact) mass is 331 g/mol. The van der Waals surface area contributed by atoms with Gasteiger partial charge in [0.1, 0.15) is 5.75 Å². The highest BCUT2D eigenvalue weighted by Crippen LogP contribution is 2.23. The summed E-state index contributed by atoms with van der Waals surface area (Å²) in [4.78, 5) is 16.9. The van der Waals surface area contributed by atoms with E-state index in [2.05, 4.69) is 4.84 Å². The summed E-state index contributed by atoms with van der Waals surface area (Å²) >= 11 is 0. The summed E-state index contributed by atoms with van der Waals surface area (Å²) in [7, 11) is -1.43. The summed E-state index contributed by atoms with van der Waals surface area (Å²) in [6.45, 7) is 3.80. The molecule has 0 fully saturated rings. The van der Waals surface area contributed by atoms with Gasteiger partial charge >= 0.3 is 0 Å². The molecule has 0 aliphatic carbocycles. The van der Waals surface area contributed by atoms with Crippen LogP contribution in [-0.4, -0.2) is 45.4 Å². The second-order valence-electron chi connectivity index (χ2n) is 4.86. The van der Waals surface area contributed by atoms with Crippen molar-refractivity contribution in [3.8, 4) is 5.75 Å². The van der Waals surface area contributed by atoms with E-state index < -0.39 is 22.0 Å². The Morgan fingerprint density at radius 3 is 2.05 bits per heavy atom. The third-order valence-corrected chi connectivity index (χ3v) is 3.59. The molecule has 124 valence electrons. The molecular formula is C14H21NO6S. The molecule has 1 aromatic rings. The van der Waals surface area contributed by atoms with E-state index in [1.54, 1.807) is 24.3 Å². The van der Waals surface area contributed by atoms with Crippen LogP contribution in [0.3, 0.4) is 0 Å². The molecule has 0 aliphatic rings. The first-order chi connectivity index (χ1) is 10.2. The van der Waals surface area contributed by atoms with Gasteiger partial charge < -0.3 is 9.47 Å². The first kappa shape index (κ1) is 18.4. The molecule has 0 radical (unpaired) electrons. The largest absolute Gasteiger partial charge is 0.491 e. The summed E-state index contributed by atoms with van der Waals surface area (Å²) in [6, 6.07) is 6.65. The van der Waals surface area contributed by atoms with Crippen molar-refractivity contribution in [3.05, 3.63) is 29.8 Å². The van der Waals surface area contributed by atoms with Gasteiger partial charge in [0, 0.05) is 7.11 Å². The van der Waals surface area contributed by atoms with Crippen LogP contribution < -0.4 is 4.74 Å². The Balaban J connectivity index is 3.03. The van der Waals surface area contributed by atoms with Gasteiger partial charge in [-0.1, -0.05) is 12.1 Å². The number of hydrogen-bond donors (Lipinski definition) is 0. The van der Waals surface area contributed by atoms with E-state index in [1.807, 2.05) is 13.8 Å². The minimum atomic E-state index is -3.84. The minimum Gasteiger partial charge on any atom is -0.491 e.